The van der Waals surface area contributed by atoms with Gasteiger partial charge < -0.3 is 0 Å². The minimum Gasteiger partial charge on any atom is -0.192 e. The Hall–Kier alpha value is -0.960. The average Bonchev–Trinajstić information content (AvgIpc) is 1.97. The molecule has 0 amide bonds. The van der Waals surface area contributed by atoms with Gasteiger partial charge in [0.05, 0.1) is 0 Å². The van der Waals surface area contributed by atoms with E-state index in [1.54, 1.807) is 0 Å². The molecule has 16 heavy (non-hydrogen) atoms. The Morgan fingerprint density at radius 3 is 0.750 bits per heavy atom. The minimum atomic E-state index is -6.23. The molecule has 0 saturated carbocycles. The molecular weight excluding hydrogens is 262 g/mol. The van der Waals surface area contributed by atoms with Gasteiger partial charge in [-0.15, -0.1) is 0 Å². The zero-order chi connectivity index (χ0) is 13.4. The van der Waals surface area contributed by atoms with Crippen LogP contribution in [0.15, 0.2) is 12.2 Å². The van der Waals surface area contributed by atoms with Crippen LogP contribution in [-0.2, 0) is 0 Å². The Balaban J connectivity index is 5.01. The summed E-state index contributed by atoms with van der Waals surface area (Å²) < 4.78 is 116. The lowest BCUT2D eigenvalue weighted by molar-refractivity contribution is -0.267. The lowest BCUT2D eigenvalue weighted by Gasteiger charge is -2.18. The van der Waals surface area contributed by atoms with Gasteiger partial charge >= 0.3 is 24.2 Å². The van der Waals surface area contributed by atoms with Gasteiger partial charge in [0.2, 0.25) is 0 Å². The van der Waals surface area contributed by atoms with Crippen molar-refractivity contribution >= 4 is 0 Å². The van der Waals surface area contributed by atoms with E-state index in [1.807, 2.05) is 0 Å². The summed E-state index contributed by atoms with van der Waals surface area (Å²) in [5.41, 5.74) is 0. The summed E-state index contributed by atoms with van der Waals surface area (Å²) >= 11 is 0. The Labute approximate surface area is 81.5 Å². The molecular formula is C6H2F10. The van der Waals surface area contributed by atoms with Crippen molar-refractivity contribution < 1.29 is 43.9 Å². The van der Waals surface area contributed by atoms with E-state index in [2.05, 4.69) is 0 Å². The van der Waals surface area contributed by atoms with E-state index in [4.69, 9.17) is 0 Å². The van der Waals surface area contributed by atoms with Gasteiger partial charge in [-0.3, -0.25) is 0 Å². The van der Waals surface area contributed by atoms with Crippen molar-refractivity contribution in [1.29, 1.82) is 0 Å². The van der Waals surface area contributed by atoms with E-state index >= 15 is 0 Å². The van der Waals surface area contributed by atoms with Crippen molar-refractivity contribution in [2.45, 2.75) is 24.2 Å². The first kappa shape index (κ1) is 15.0. The molecule has 0 atom stereocenters. The number of alkyl halides is 10. The summed E-state index contributed by atoms with van der Waals surface area (Å²) in [4.78, 5) is 0. The van der Waals surface area contributed by atoms with Crippen LogP contribution < -0.4 is 0 Å². The number of halogens is 10. The van der Waals surface area contributed by atoms with Crippen molar-refractivity contribution in [3.05, 3.63) is 12.2 Å². The van der Waals surface area contributed by atoms with Crippen molar-refractivity contribution in [1.82, 2.24) is 0 Å². The predicted molar refractivity (Wildman–Crippen MR) is 31.1 cm³/mol. The van der Waals surface area contributed by atoms with Crippen LogP contribution in [0.1, 0.15) is 0 Å². The molecule has 0 bridgehead atoms. The monoisotopic (exact) mass is 264 g/mol. The number of allylic oxidation sites excluding steroid dienone is 2. The summed E-state index contributed by atoms with van der Waals surface area (Å²) in [6.45, 7) is 0. The molecule has 0 radical (unpaired) electrons. The standard InChI is InChI=1S/C6H2F10/c7-3(8,5(11,12)13)1-2-4(9,10)6(14,15)16/h1-2H/b2-1-. The molecule has 0 heterocycles. The lowest BCUT2D eigenvalue weighted by Crippen LogP contribution is -2.38. The van der Waals surface area contributed by atoms with Crippen LogP contribution in [0.25, 0.3) is 0 Å². The molecule has 0 aliphatic rings. The normalized spacial score (nSPS) is 15.9. The van der Waals surface area contributed by atoms with Gasteiger partial charge in [-0.1, -0.05) is 0 Å². The van der Waals surface area contributed by atoms with Crippen molar-refractivity contribution in [2.75, 3.05) is 0 Å². The van der Waals surface area contributed by atoms with Gasteiger partial charge in [-0.2, -0.15) is 43.9 Å². The van der Waals surface area contributed by atoms with Crippen LogP contribution in [0.2, 0.25) is 0 Å². The summed E-state index contributed by atoms with van der Waals surface area (Å²) in [5, 5.41) is 0. The molecule has 0 nitrogen and oxygen atoms in total. The highest BCUT2D eigenvalue weighted by atomic mass is 19.4. The molecule has 0 aromatic carbocycles. The van der Waals surface area contributed by atoms with E-state index in [0.717, 1.165) is 0 Å². The summed E-state index contributed by atoms with van der Waals surface area (Å²) in [6, 6.07) is 0. The molecule has 0 aromatic heterocycles. The molecule has 0 saturated heterocycles. The van der Waals surface area contributed by atoms with Crippen LogP contribution in [0.3, 0.4) is 0 Å². The second-order valence-electron chi connectivity index (χ2n) is 2.57. The quantitative estimate of drug-likeness (QED) is 0.523. The van der Waals surface area contributed by atoms with E-state index in [9.17, 15) is 43.9 Å². The van der Waals surface area contributed by atoms with Gasteiger partial charge in [0.1, 0.15) is 0 Å². The first-order chi connectivity index (χ1) is 6.71. The minimum absolute atomic E-state index is 1.53. The molecule has 0 N–H and O–H groups in total. The van der Waals surface area contributed by atoms with Crippen molar-refractivity contribution in [3.63, 3.8) is 0 Å². The zero-order valence-electron chi connectivity index (χ0n) is 6.93. The molecule has 0 aliphatic heterocycles. The van der Waals surface area contributed by atoms with Crippen LogP contribution in [0.5, 0.6) is 0 Å². The fraction of sp³-hybridized carbons (Fsp3) is 0.667. The average molecular weight is 264 g/mol. The highest BCUT2D eigenvalue weighted by molar-refractivity contribution is 5.07. The third kappa shape index (κ3) is 3.27. The highest BCUT2D eigenvalue weighted by Gasteiger charge is 2.59. The summed E-state index contributed by atoms with van der Waals surface area (Å²) in [5.74, 6) is -11.5. The lowest BCUT2D eigenvalue weighted by atomic mass is 10.2. The largest absolute Gasteiger partial charge is 0.457 e. The smallest absolute Gasteiger partial charge is 0.192 e. The highest BCUT2D eigenvalue weighted by Crippen LogP contribution is 2.40. The molecule has 0 aromatic rings. The fourth-order valence-electron chi connectivity index (χ4n) is 0.398. The number of rotatable bonds is 2. The molecule has 96 valence electrons. The Morgan fingerprint density at radius 1 is 0.438 bits per heavy atom. The van der Waals surface area contributed by atoms with Gasteiger partial charge in [-0.25, -0.2) is 0 Å². The van der Waals surface area contributed by atoms with Crippen LogP contribution in [0.4, 0.5) is 43.9 Å². The molecule has 0 unspecified atom stereocenters. The van der Waals surface area contributed by atoms with E-state index < -0.39 is 36.3 Å². The van der Waals surface area contributed by atoms with Crippen LogP contribution >= 0.6 is 0 Å². The van der Waals surface area contributed by atoms with Gasteiger partial charge in [0, 0.05) is 0 Å². The maximum atomic E-state index is 11.9. The Bertz CT molecular complexity index is 238. The second-order valence-corrected chi connectivity index (χ2v) is 2.57. The predicted octanol–water partition coefficient (Wildman–Crippen LogP) is 3.94. The SMILES string of the molecule is FC(F)(F)C(F)(F)/C=C\C(F)(F)C(F)(F)F. The zero-order valence-corrected chi connectivity index (χ0v) is 6.93. The van der Waals surface area contributed by atoms with Gasteiger partial charge in [0.15, 0.2) is 0 Å². The molecule has 0 aliphatic carbocycles. The van der Waals surface area contributed by atoms with Crippen molar-refractivity contribution in [2.24, 2.45) is 0 Å². The van der Waals surface area contributed by atoms with Gasteiger partial charge in [-0.05, 0) is 12.2 Å². The first-order valence-electron chi connectivity index (χ1n) is 3.30. The van der Waals surface area contributed by atoms with E-state index in [-0.39, 0.29) is 0 Å². The maximum Gasteiger partial charge on any atom is 0.457 e. The Kier molecular flexibility index (Phi) is 3.58. The third-order valence-corrected chi connectivity index (χ3v) is 1.26. The number of hydrogen-bond acceptors (Lipinski definition) is 0. The second kappa shape index (κ2) is 3.81. The van der Waals surface area contributed by atoms with Crippen LogP contribution in [0, 0.1) is 0 Å². The van der Waals surface area contributed by atoms with E-state index in [0.29, 0.717) is 0 Å². The summed E-state index contributed by atoms with van der Waals surface area (Å²) in [6.07, 6.45) is -15.5. The third-order valence-electron chi connectivity index (χ3n) is 1.26. The first-order valence-corrected chi connectivity index (χ1v) is 3.30. The maximum absolute atomic E-state index is 11.9. The van der Waals surface area contributed by atoms with Gasteiger partial charge in [0.25, 0.3) is 0 Å². The molecule has 0 spiro atoms. The van der Waals surface area contributed by atoms with Crippen LogP contribution in [-0.4, -0.2) is 24.2 Å². The summed E-state index contributed by atoms with van der Waals surface area (Å²) in [7, 11) is 0. The molecule has 10 heteroatoms. The molecule has 0 fully saturated rings. The Morgan fingerprint density at radius 2 is 0.625 bits per heavy atom. The number of hydrogen-bond donors (Lipinski definition) is 0. The topological polar surface area (TPSA) is 0 Å². The fourth-order valence-corrected chi connectivity index (χ4v) is 0.398. The molecule has 0 rings (SSSR count). The van der Waals surface area contributed by atoms with Crippen molar-refractivity contribution in [3.8, 4) is 0 Å². The van der Waals surface area contributed by atoms with E-state index in [1.165, 1.54) is 0 Å².